The van der Waals surface area contributed by atoms with E-state index in [0.29, 0.717) is 6.54 Å². The van der Waals surface area contributed by atoms with Crippen molar-refractivity contribution in [2.45, 2.75) is 38.6 Å². The Kier molecular flexibility index (Phi) is 4.56. The summed E-state index contributed by atoms with van der Waals surface area (Å²) >= 11 is 3.39. The van der Waals surface area contributed by atoms with Crippen LogP contribution in [-0.4, -0.2) is 18.0 Å². The quantitative estimate of drug-likeness (QED) is 0.898. The van der Waals surface area contributed by atoms with E-state index in [4.69, 9.17) is 5.73 Å². The lowest BCUT2D eigenvalue weighted by Crippen LogP contribution is -2.49. The average molecular weight is 313 g/mol. The summed E-state index contributed by atoms with van der Waals surface area (Å²) in [5, 5.41) is 2.90. The van der Waals surface area contributed by atoms with E-state index in [1.807, 2.05) is 52.0 Å². The molecule has 4 heteroatoms. The number of amides is 1. The van der Waals surface area contributed by atoms with Crippen molar-refractivity contribution in [1.82, 2.24) is 5.32 Å². The molecular formula is C14H21BrN2O. The molecule has 0 aliphatic heterocycles. The molecule has 0 saturated heterocycles. The average Bonchev–Trinajstić information content (AvgIpc) is 2.25. The summed E-state index contributed by atoms with van der Waals surface area (Å²) < 4.78 is 1.01. The lowest BCUT2D eigenvalue weighted by molar-refractivity contribution is -0.125. The monoisotopic (exact) mass is 312 g/mol. The Labute approximate surface area is 117 Å². The molecular weight excluding hydrogens is 292 g/mol. The normalized spacial score (nSPS) is 12.3. The lowest BCUT2D eigenvalue weighted by atomic mass is 9.83. The van der Waals surface area contributed by atoms with E-state index in [2.05, 4.69) is 21.2 Å². The van der Waals surface area contributed by atoms with Crippen LogP contribution in [0, 0.1) is 0 Å². The molecule has 0 radical (unpaired) electrons. The highest BCUT2D eigenvalue weighted by atomic mass is 79.9. The molecule has 0 heterocycles. The van der Waals surface area contributed by atoms with Gasteiger partial charge in [0.15, 0.2) is 0 Å². The maximum absolute atomic E-state index is 12.2. The molecule has 1 amide bonds. The maximum atomic E-state index is 12.2. The minimum Gasteiger partial charge on any atom is -0.354 e. The van der Waals surface area contributed by atoms with Gasteiger partial charge in [0, 0.05) is 16.6 Å². The first-order valence-electron chi connectivity index (χ1n) is 5.96. The molecule has 1 aromatic carbocycles. The van der Waals surface area contributed by atoms with Gasteiger partial charge in [-0.3, -0.25) is 4.79 Å². The van der Waals surface area contributed by atoms with Crippen LogP contribution in [0.1, 0.15) is 33.3 Å². The number of carbonyl (C=O) groups excluding carboxylic acids is 1. The van der Waals surface area contributed by atoms with Crippen molar-refractivity contribution in [2.24, 2.45) is 5.73 Å². The molecule has 0 bridgehead atoms. The summed E-state index contributed by atoms with van der Waals surface area (Å²) in [6.45, 7) is 8.07. The number of hydrogen-bond acceptors (Lipinski definition) is 2. The Morgan fingerprint density at radius 3 is 2.17 bits per heavy atom. The van der Waals surface area contributed by atoms with E-state index in [1.165, 1.54) is 0 Å². The van der Waals surface area contributed by atoms with Crippen LogP contribution in [0.25, 0.3) is 0 Å². The zero-order chi connectivity index (χ0) is 14.0. The van der Waals surface area contributed by atoms with Crippen molar-refractivity contribution < 1.29 is 4.79 Å². The number of hydrogen-bond donors (Lipinski definition) is 2. The van der Waals surface area contributed by atoms with Gasteiger partial charge in [-0.15, -0.1) is 0 Å². The number of carbonyl (C=O) groups is 1. The van der Waals surface area contributed by atoms with E-state index in [9.17, 15) is 4.79 Å². The van der Waals surface area contributed by atoms with Crippen molar-refractivity contribution in [3.63, 3.8) is 0 Å². The second-order valence-electron chi connectivity index (χ2n) is 5.80. The topological polar surface area (TPSA) is 55.1 Å². The molecule has 1 rings (SSSR count). The summed E-state index contributed by atoms with van der Waals surface area (Å²) in [6, 6.07) is 7.79. The fourth-order valence-electron chi connectivity index (χ4n) is 1.53. The molecule has 0 aliphatic rings. The van der Waals surface area contributed by atoms with Gasteiger partial charge in [-0.2, -0.15) is 0 Å². The predicted molar refractivity (Wildman–Crippen MR) is 78.4 cm³/mol. The summed E-state index contributed by atoms with van der Waals surface area (Å²) in [4.78, 5) is 12.2. The molecule has 0 aromatic heterocycles. The molecule has 0 spiro atoms. The Hall–Kier alpha value is -0.870. The molecule has 1 aromatic rings. The fraction of sp³-hybridized carbons (Fsp3) is 0.500. The van der Waals surface area contributed by atoms with Crippen LogP contribution in [0.5, 0.6) is 0 Å². The van der Waals surface area contributed by atoms with Crippen molar-refractivity contribution in [2.75, 3.05) is 6.54 Å². The van der Waals surface area contributed by atoms with Gasteiger partial charge in [0.1, 0.15) is 0 Å². The zero-order valence-corrected chi connectivity index (χ0v) is 13.0. The van der Waals surface area contributed by atoms with Gasteiger partial charge >= 0.3 is 0 Å². The van der Waals surface area contributed by atoms with Crippen LogP contribution in [0.2, 0.25) is 0 Å². The van der Waals surface area contributed by atoms with Crippen molar-refractivity contribution in [3.8, 4) is 0 Å². The Bertz CT molecular complexity index is 418. The molecule has 3 N–H and O–H groups in total. The molecule has 18 heavy (non-hydrogen) atoms. The number of halogens is 1. The Morgan fingerprint density at radius 1 is 1.22 bits per heavy atom. The summed E-state index contributed by atoms with van der Waals surface area (Å²) in [5.41, 5.74) is 5.89. The highest BCUT2D eigenvalue weighted by Crippen LogP contribution is 2.25. The smallest absolute Gasteiger partial charge is 0.230 e. The largest absolute Gasteiger partial charge is 0.354 e. The van der Waals surface area contributed by atoms with Crippen LogP contribution in [0.15, 0.2) is 28.7 Å². The van der Waals surface area contributed by atoms with Crippen LogP contribution in [0.4, 0.5) is 0 Å². The minimum absolute atomic E-state index is 0.0108. The Balaban J connectivity index is 2.79. The van der Waals surface area contributed by atoms with Gasteiger partial charge in [0.25, 0.3) is 0 Å². The second kappa shape index (κ2) is 5.41. The van der Waals surface area contributed by atoms with E-state index >= 15 is 0 Å². The van der Waals surface area contributed by atoms with Crippen LogP contribution < -0.4 is 11.1 Å². The summed E-state index contributed by atoms with van der Waals surface area (Å²) in [7, 11) is 0. The molecule has 0 fully saturated rings. The predicted octanol–water partition coefficient (Wildman–Crippen LogP) is 2.58. The van der Waals surface area contributed by atoms with Gasteiger partial charge in [-0.25, -0.2) is 0 Å². The van der Waals surface area contributed by atoms with Gasteiger partial charge in [-0.05, 0) is 45.4 Å². The van der Waals surface area contributed by atoms with Crippen molar-refractivity contribution in [1.29, 1.82) is 0 Å². The van der Waals surface area contributed by atoms with Crippen LogP contribution in [0.3, 0.4) is 0 Å². The first-order valence-corrected chi connectivity index (χ1v) is 6.75. The number of benzene rings is 1. The fourth-order valence-corrected chi connectivity index (χ4v) is 1.79. The number of rotatable bonds is 4. The van der Waals surface area contributed by atoms with Crippen molar-refractivity contribution >= 4 is 21.8 Å². The molecule has 0 saturated carbocycles. The molecule has 0 atom stereocenters. The third-order valence-electron chi connectivity index (χ3n) is 2.84. The van der Waals surface area contributed by atoms with E-state index in [0.717, 1.165) is 10.0 Å². The minimum atomic E-state index is -0.564. The second-order valence-corrected chi connectivity index (χ2v) is 6.72. The van der Waals surface area contributed by atoms with Crippen molar-refractivity contribution in [3.05, 3.63) is 34.3 Å². The standard InChI is InChI=1S/C14H21BrN2O/c1-13(2,16)9-17-12(18)14(3,4)10-5-7-11(15)8-6-10/h5-8H,9,16H2,1-4H3,(H,17,18). The molecule has 0 aliphatic carbocycles. The van der Waals surface area contributed by atoms with Gasteiger partial charge in [0.05, 0.1) is 5.41 Å². The highest BCUT2D eigenvalue weighted by molar-refractivity contribution is 9.10. The number of nitrogens with one attached hydrogen (secondary N) is 1. The van der Waals surface area contributed by atoms with Gasteiger partial charge < -0.3 is 11.1 Å². The van der Waals surface area contributed by atoms with E-state index < -0.39 is 11.0 Å². The van der Waals surface area contributed by atoms with Crippen LogP contribution in [-0.2, 0) is 10.2 Å². The first kappa shape index (κ1) is 15.2. The maximum Gasteiger partial charge on any atom is 0.230 e. The molecule has 0 unspecified atom stereocenters. The lowest BCUT2D eigenvalue weighted by Gasteiger charge is -2.27. The van der Waals surface area contributed by atoms with Gasteiger partial charge in [-0.1, -0.05) is 28.1 Å². The summed E-state index contributed by atoms with van der Waals surface area (Å²) in [5.74, 6) is -0.0108. The van der Waals surface area contributed by atoms with E-state index in [-0.39, 0.29) is 5.91 Å². The first-order chi connectivity index (χ1) is 8.13. The van der Waals surface area contributed by atoms with Crippen LogP contribution >= 0.6 is 15.9 Å². The van der Waals surface area contributed by atoms with Gasteiger partial charge in [0.2, 0.25) is 5.91 Å². The Morgan fingerprint density at radius 2 is 1.72 bits per heavy atom. The van der Waals surface area contributed by atoms with E-state index in [1.54, 1.807) is 0 Å². The third-order valence-corrected chi connectivity index (χ3v) is 3.37. The highest BCUT2D eigenvalue weighted by Gasteiger charge is 2.30. The molecule has 100 valence electrons. The summed E-state index contributed by atoms with van der Waals surface area (Å²) in [6.07, 6.45) is 0. The zero-order valence-electron chi connectivity index (χ0n) is 11.4. The number of nitrogens with two attached hydrogens (primary N) is 1. The third kappa shape index (κ3) is 4.10. The molecule has 3 nitrogen and oxygen atoms in total. The SMILES string of the molecule is CC(C)(N)CNC(=O)C(C)(C)c1ccc(Br)cc1.